The molecule has 5 aromatic rings. The van der Waals surface area contributed by atoms with Crippen LogP contribution in [0.2, 0.25) is 0 Å². The average Bonchev–Trinajstić information content (AvgIpc) is 3.37. The Bertz CT molecular complexity index is 1600. The molecule has 2 heterocycles. The van der Waals surface area contributed by atoms with Crippen LogP contribution in [0, 0.1) is 6.92 Å². The van der Waals surface area contributed by atoms with E-state index in [1.807, 2.05) is 57.2 Å². The number of fused-ring (bicyclic) bond motifs is 1. The molecule has 8 heteroatoms. The fraction of sp³-hybridized carbons (Fsp3) is 0.148. The van der Waals surface area contributed by atoms with Gasteiger partial charge in [0, 0.05) is 11.3 Å². The lowest BCUT2D eigenvalue weighted by Gasteiger charge is -2.14. The predicted octanol–water partition coefficient (Wildman–Crippen LogP) is 5.12. The van der Waals surface area contributed by atoms with Crippen molar-refractivity contribution in [2.24, 2.45) is 0 Å². The van der Waals surface area contributed by atoms with E-state index < -0.39 is 5.91 Å². The maximum atomic E-state index is 13.6. The van der Waals surface area contributed by atoms with Gasteiger partial charge in [0.25, 0.3) is 17.4 Å². The van der Waals surface area contributed by atoms with Crippen LogP contribution in [0.1, 0.15) is 41.6 Å². The summed E-state index contributed by atoms with van der Waals surface area (Å²) in [6.45, 7) is 5.84. The first kappa shape index (κ1) is 22.2. The van der Waals surface area contributed by atoms with Gasteiger partial charge >= 0.3 is 0 Å². The van der Waals surface area contributed by atoms with Gasteiger partial charge in [-0.05, 0) is 36.8 Å². The summed E-state index contributed by atoms with van der Waals surface area (Å²) in [5.41, 5.74) is 2.37. The number of carbonyl (C=O) groups excluding carboxylic acids is 1. The normalized spacial score (nSPS) is 11.2. The molecule has 0 fully saturated rings. The molecule has 0 spiro atoms. The number of aryl methyl sites for hydroxylation is 1. The number of hydrogen-bond donors (Lipinski definition) is 1. The Morgan fingerprint density at radius 2 is 1.66 bits per heavy atom. The van der Waals surface area contributed by atoms with Crippen LogP contribution in [-0.4, -0.2) is 25.8 Å². The van der Waals surface area contributed by atoms with E-state index in [1.165, 1.54) is 4.68 Å². The summed E-state index contributed by atoms with van der Waals surface area (Å²) < 4.78 is 6.74. The average molecular weight is 466 g/mol. The van der Waals surface area contributed by atoms with E-state index in [-0.39, 0.29) is 17.2 Å². The molecule has 0 saturated carbocycles. The first-order valence-electron chi connectivity index (χ1n) is 11.3. The van der Waals surface area contributed by atoms with Gasteiger partial charge in [0.15, 0.2) is 11.5 Å². The molecule has 0 aliphatic rings. The molecule has 0 unspecified atom stereocenters. The molecular formula is C27H23N5O3. The van der Waals surface area contributed by atoms with Crippen molar-refractivity contribution in [1.82, 2.24) is 19.9 Å². The molecule has 2 aromatic heterocycles. The van der Waals surface area contributed by atoms with Crippen LogP contribution < -0.4 is 10.9 Å². The van der Waals surface area contributed by atoms with Crippen LogP contribution in [0.15, 0.2) is 82.1 Å². The minimum atomic E-state index is -0.454. The lowest BCUT2D eigenvalue weighted by atomic mass is 10.1. The third kappa shape index (κ3) is 4.10. The molecule has 0 atom stereocenters. The smallest absolute Gasteiger partial charge is 0.279 e. The second kappa shape index (κ2) is 8.98. The third-order valence-corrected chi connectivity index (χ3v) is 5.72. The van der Waals surface area contributed by atoms with E-state index in [2.05, 4.69) is 20.6 Å². The molecular weight excluding hydrogens is 442 g/mol. The highest BCUT2D eigenvalue weighted by Crippen LogP contribution is 2.31. The van der Waals surface area contributed by atoms with Crippen LogP contribution in [-0.2, 0) is 0 Å². The maximum absolute atomic E-state index is 13.6. The highest BCUT2D eigenvalue weighted by atomic mass is 16.5. The van der Waals surface area contributed by atoms with Crippen LogP contribution in [0.5, 0.6) is 0 Å². The quantitative estimate of drug-likeness (QED) is 0.386. The van der Waals surface area contributed by atoms with E-state index in [0.29, 0.717) is 39.4 Å². The van der Waals surface area contributed by atoms with Gasteiger partial charge in [0.05, 0.1) is 22.3 Å². The van der Waals surface area contributed by atoms with E-state index >= 15 is 0 Å². The number of hydrogen-bond acceptors (Lipinski definition) is 6. The molecule has 174 valence electrons. The van der Waals surface area contributed by atoms with Gasteiger partial charge < -0.3 is 9.84 Å². The lowest BCUT2D eigenvalue weighted by Crippen LogP contribution is -2.26. The van der Waals surface area contributed by atoms with Crippen molar-refractivity contribution < 1.29 is 9.32 Å². The summed E-state index contributed by atoms with van der Waals surface area (Å²) in [6.07, 6.45) is 0. The molecule has 3 aromatic carbocycles. The van der Waals surface area contributed by atoms with E-state index in [9.17, 15) is 9.59 Å². The van der Waals surface area contributed by atoms with Gasteiger partial charge in [0.2, 0.25) is 0 Å². The maximum Gasteiger partial charge on any atom is 0.279 e. The van der Waals surface area contributed by atoms with Gasteiger partial charge in [0.1, 0.15) is 0 Å². The largest absolute Gasteiger partial charge is 0.334 e. The number of para-hydroxylation sites is 2. The number of anilines is 1. The van der Waals surface area contributed by atoms with Gasteiger partial charge in [-0.3, -0.25) is 9.59 Å². The zero-order chi connectivity index (χ0) is 24.5. The first-order valence-corrected chi connectivity index (χ1v) is 11.3. The Hall–Kier alpha value is -4.59. The van der Waals surface area contributed by atoms with Crippen molar-refractivity contribution >= 4 is 22.4 Å². The van der Waals surface area contributed by atoms with E-state index in [0.717, 1.165) is 5.56 Å². The van der Waals surface area contributed by atoms with Gasteiger partial charge in [-0.2, -0.15) is 14.8 Å². The highest BCUT2D eigenvalue weighted by molar-refractivity contribution is 6.12. The molecule has 8 nitrogen and oxygen atoms in total. The Morgan fingerprint density at radius 3 is 2.37 bits per heavy atom. The number of benzene rings is 3. The van der Waals surface area contributed by atoms with Crippen LogP contribution >= 0.6 is 0 Å². The number of amides is 1. The fourth-order valence-corrected chi connectivity index (χ4v) is 3.86. The molecule has 35 heavy (non-hydrogen) atoms. The van der Waals surface area contributed by atoms with Crippen LogP contribution in [0.25, 0.3) is 27.9 Å². The van der Waals surface area contributed by atoms with Crippen molar-refractivity contribution in [3.8, 4) is 17.1 Å². The molecule has 5 rings (SSSR count). The summed E-state index contributed by atoms with van der Waals surface area (Å²) in [7, 11) is 0. The molecule has 0 aliphatic carbocycles. The third-order valence-electron chi connectivity index (χ3n) is 5.72. The molecule has 1 amide bonds. The molecule has 0 aliphatic heterocycles. The zero-order valence-electron chi connectivity index (χ0n) is 19.5. The summed E-state index contributed by atoms with van der Waals surface area (Å²) in [5, 5.41) is 12.4. The molecule has 0 bridgehead atoms. The molecule has 1 N–H and O–H groups in total. The minimum Gasteiger partial charge on any atom is -0.334 e. The van der Waals surface area contributed by atoms with Crippen molar-refractivity contribution in [3.05, 3.63) is 100 Å². The summed E-state index contributed by atoms with van der Waals surface area (Å²) >= 11 is 0. The lowest BCUT2D eigenvalue weighted by molar-refractivity contribution is 0.102. The van der Waals surface area contributed by atoms with Gasteiger partial charge in [-0.25, -0.2) is 0 Å². The van der Waals surface area contributed by atoms with Crippen molar-refractivity contribution in [1.29, 1.82) is 0 Å². The Kier molecular flexibility index (Phi) is 5.70. The Morgan fingerprint density at radius 1 is 0.943 bits per heavy atom. The standard InChI is InChI=1S/C27H23N5O3/c1-16(2)24-29-26(35-31-24)21-15-9-10-17(3)22(21)28-25(33)23-19-13-7-8-14-20(19)27(34)32(30-23)18-11-5-4-6-12-18/h4-16H,1-3H3,(H,28,33). The topological polar surface area (TPSA) is 103 Å². The van der Waals surface area contributed by atoms with Gasteiger partial charge in [-0.1, -0.05) is 67.5 Å². The molecule has 0 radical (unpaired) electrons. The fourth-order valence-electron chi connectivity index (χ4n) is 3.86. The highest BCUT2D eigenvalue weighted by Gasteiger charge is 2.22. The Labute approximate surface area is 201 Å². The predicted molar refractivity (Wildman–Crippen MR) is 134 cm³/mol. The summed E-state index contributed by atoms with van der Waals surface area (Å²) in [6, 6.07) is 21.5. The van der Waals surface area contributed by atoms with Gasteiger partial charge in [-0.15, -0.1) is 0 Å². The summed E-state index contributed by atoms with van der Waals surface area (Å²) in [5.74, 6) is 0.552. The number of carbonyl (C=O) groups is 1. The second-order valence-corrected chi connectivity index (χ2v) is 8.51. The van der Waals surface area contributed by atoms with E-state index in [4.69, 9.17) is 4.52 Å². The monoisotopic (exact) mass is 465 g/mol. The van der Waals surface area contributed by atoms with E-state index in [1.54, 1.807) is 36.4 Å². The molecule has 0 saturated heterocycles. The first-order chi connectivity index (χ1) is 16.9. The number of nitrogens with one attached hydrogen (secondary N) is 1. The van der Waals surface area contributed by atoms with Crippen molar-refractivity contribution in [2.45, 2.75) is 26.7 Å². The number of aromatic nitrogens is 4. The SMILES string of the molecule is Cc1cccc(-c2nc(C(C)C)no2)c1NC(=O)c1nn(-c2ccccc2)c(=O)c2ccccc12. The summed E-state index contributed by atoms with van der Waals surface area (Å²) in [4.78, 5) is 31.3. The van der Waals surface area contributed by atoms with Crippen LogP contribution in [0.3, 0.4) is 0 Å². The zero-order valence-corrected chi connectivity index (χ0v) is 19.5. The van der Waals surface area contributed by atoms with Crippen molar-refractivity contribution in [2.75, 3.05) is 5.32 Å². The minimum absolute atomic E-state index is 0.102. The van der Waals surface area contributed by atoms with Crippen LogP contribution in [0.4, 0.5) is 5.69 Å². The number of rotatable bonds is 5. The second-order valence-electron chi connectivity index (χ2n) is 8.51. The Balaban J connectivity index is 1.62. The number of nitrogens with zero attached hydrogens (tertiary/aromatic N) is 4. The van der Waals surface area contributed by atoms with Crippen molar-refractivity contribution in [3.63, 3.8) is 0 Å².